The van der Waals surface area contributed by atoms with E-state index < -0.39 is 12.0 Å². The van der Waals surface area contributed by atoms with Crippen LogP contribution in [0.1, 0.15) is 12.8 Å². The third kappa shape index (κ3) is 6.03. The van der Waals surface area contributed by atoms with Gasteiger partial charge in [-0.05, 0) is 6.42 Å². The number of likely N-dealkylation sites (N-methyl/N-ethyl adjacent to an activating group) is 1. The number of nitrogens with two attached hydrogens (primary N) is 1. The molecule has 0 heterocycles. The summed E-state index contributed by atoms with van der Waals surface area (Å²) in [7, 11) is 3.16. The highest BCUT2D eigenvalue weighted by molar-refractivity contribution is 5.82. The van der Waals surface area contributed by atoms with E-state index in [9.17, 15) is 9.59 Å². The molecule has 0 spiro atoms. The SMILES string of the molecule is COCCN(C)C(=O)C(N)CCC(=O)O. The number of carboxylic acid groups (broad SMARTS) is 1. The van der Waals surface area contributed by atoms with Gasteiger partial charge in [-0.1, -0.05) is 0 Å². The molecule has 1 unspecified atom stereocenters. The van der Waals surface area contributed by atoms with Gasteiger partial charge in [-0.15, -0.1) is 0 Å². The van der Waals surface area contributed by atoms with Crippen LogP contribution in [0, 0.1) is 0 Å². The summed E-state index contributed by atoms with van der Waals surface area (Å²) in [4.78, 5) is 23.2. The monoisotopic (exact) mass is 218 g/mol. The zero-order chi connectivity index (χ0) is 11.8. The van der Waals surface area contributed by atoms with Gasteiger partial charge in [0.2, 0.25) is 5.91 Å². The van der Waals surface area contributed by atoms with Crippen molar-refractivity contribution in [2.24, 2.45) is 5.73 Å². The summed E-state index contributed by atoms with van der Waals surface area (Å²) in [5, 5.41) is 8.42. The van der Waals surface area contributed by atoms with E-state index in [1.807, 2.05) is 0 Å². The van der Waals surface area contributed by atoms with Crippen LogP contribution in [0.3, 0.4) is 0 Å². The number of hydrogen-bond acceptors (Lipinski definition) is 4. The fourth-order valence-corrected chi connectivity index (χ4v) is 1.02. The average Bonchev–Trinajstić information content (AvgIpc) is 2.21. The van der Waals surface area contributed by atoms with Crippen LogP contribution in [0.2, 0.25) is 0 Å². The Bertz CT molecular complexity index is 220. The van der Waals surface area contributed by atoms with E-state index in [0.717, 1.165) is 0 Å². The van der Waals surface area contributed by atoms with Crippen molar-refractivity contribution in [3.05, 3.63) is 0 Å². The maximum atomic E-state index is 11.5. The summed E-state index contributed by atoms with van der Waals surface area (Å²) in [5.41, 5.74) is 5.54. The van der Waals surface area contributed by atoms with Crippen molar-refractivity contribution >= 4 is 11.9 Å². The molecule has 0 aromatic carbocycles. The molecule has 0 saturated heterocycles. The molecule has 0 aliphatic heterocycles. The van der Waals surface area contributed by atoms with Gasteiger partial charge in [0.25, 0.3) is 0 Å². The number of carbonyl (C=O) groups excluding carboxylic acids is 1. The van der Waals surface area contributed by atoms with Crippen molar-refractivity contribution in [3.8, 4) is 0 Å². The normalized spacial score (nSPS) is 12.2. The fourth-order valence-electron chi connectivity index (χ4n) is 1.02. The molecule has 15 heavy (non-hydrogen) atoms. The van der Waals surface area contributed by atoms with Crippen LogP contribution in [0.5, 0.6) is 0 Å². The Morgan fingerprint density at radius 2 is 2.13 bits per heavy atom. The summed E-state index contributed by atoms with van der Waals surface area (Å²) in [6.07, 6.45) is 0.0660. The lowest BCUT2D eigenvalue weighted by atomic mass is 10.1. The zero-order valence-electron chi connectivity index (χ0n) is 9.10. The Hall–Kier alpha value is -1.14. The number of methoxy groups -OCH3 is 1. The van der Waals surface area contributed by atoms with Crippen molar-refractivity contribution < 1.29 is 19.4 Å². The van der Waals surface area contributed by atoms with Crippen molar-refractivity contribution in [3.63, 3.8) is 0 Å². The summed E-state index contributed by atoms with van der Waals surface area (Å²) in [6, 6.07) is -0.747. The molecule has 1 atom stereocenters. The molecule has 0 radical (unpaired) electrons. The minimum atomic E-state index is -0.946. The minimum absolute atomic E-state index is 0.0922. The van der Waals surface area contributed by atoms with Crippen molar-refractivity contribution in [2.75, 3.05) is 27.3 Å². The third-order valence-electron chi connectivity index (χ3n) is 1.99. The Labute approximate surface area is 89.0 Å². The Morgan fingerprint density at radius 1 is 1.53 bits per heavy atom. The van der Waals surface area contributed by atoms with Crippen molar-refractivity contribution in [2.45, 2.75) is 18.9 Å². The Balaban J connectivity index is 3.90. The van der Waals surface area contributed by atoms with Crippen LogP contribution < -0.4 is 5.73 Å². The van der Waals surface area contributed by atoms with Crippen molar-refractivity contribution in [1.29, 1.82) is 0 Å². The quantitative estimate of drug-likeness (QED) is 0.588. The third-order valence-corrected chi connectivity index (χ3v) is 1.99. The molecular weight excluding hydrogens is 200 g/mol. The number of carboxylic acids is 1. The molecule has 0 aromatic rings. The highest BCUT2D eigenvalue weighted by atomic mass is 16.5. The first-order valence-electron chi connectivity index (χ1n) is 4.70. The summed E-state index contributed by atoms with van der Waals surface area (Å²) in [6.45, 7) is 0.893. The molecule has 1 amide bonds. The van der Waals surface area contributed by atoms with Crippen LogP contribution in [0.15, 0.2) is 0 Å². The molecule has 0 aliphatic carbocycles. The first-order chi connectivity index (χ1) is 6.99. The molecule has 3 N–H and O–H groups in total. The van der Waals surface area contributed by atoms with Crippen molar-refractivity contribution in [1.82, 2.24) is 4.90 Å². The summed E-state index contributed by atoms with van der Waals surface area (Å²) in [5.74, 6) is -1.20. The number of hydrogen-bond donors (Lipinski definition) is 2. The maximum Gasteiger partial charge on any atom is 0.303 e. The first kappa shape index (κ1) is 13.9. The van der Waals surface area contributed by atoms with Crippen LogP contribution in [-0.2, 0) is 14.3 Å². The molecule has 0 rings (SSSR count). The molecule has 6 heteroatoms. The molecule has 0 fully saturated rings. The number of carbonyl (C=O) groups is 2. The van der Waals surface area contributed by atoms with Gasteiger partial charge in [0, 0.05) is 27.1 Å². The number of rotatable bonds is 7. The Kier molecular flexibility index (Phi) is 6.64. The predicted octanol–water partition coefficient (Wildman–Crippen LogP) is -0.717. The lowest BCUT2D eigenvalue weighted by Crippen LogP contribution is -2.43. The van der Waals surface area contributed by atoms with Gasteiger partial charge in [0.05, 0.1) is 12.6 Å². The van der Waals surface area contributed by atoms with Gasteiger partial charge in [0.1, 0.15) is 0 Å². The second kappa shape index (κ2) is 7.19. The highest BCUT2D eigenvalue weighted by Crippen LogP contribution is 1.99. The summed E-state index contributed by atoms with van der Waals surface area (Å²) < 4.78 is 4.81. The minimum Gasteiger partial charge on any atom is -0.481 e. The van der Waals surface area contributed by atoms with E-state index in [1.54, 1.807) is 14.2 Å². The van der Waals surface area contributed by atoms with Gasteiger partial charge >= 0.3 is 5.97 Å². The largest absolute Gasteiger partial charge is 0.481 e. The number of ether oxygens (including phenoxy) is 1. The van der Waals surface area contributed by atoms with Gasteiger partial charge in [-0.3, -0.25) is 9.59 Å². The van der Waals surface area contributed by atoms with Crippen LogP contribution in [-0.4, -0.2) is 55.2 Å². The van der Waals surface area contributed by atoms with Gasteiger partial charge in [-0.25, -0.2) is 0 Å². The lowest BCUT2D eigenvalue weighted by molar-refractivity contribution is -0.137. The maximum absolute atomic E-state index is 11.5. The first-order valence-corrected chi connectivity index (χ1v) is 4.70. The predicted molar refractivity (Wildman–Crippen MR) is 54.4 cm³/mol. The van der Waals surface area contributed by atoms with Crippen LogP contribution in [0.4, 0.5) is 0 Å². The van der Waals surface area contributed by atoms with E-state index in [2.05, 4.69) is 0 Å². The van der Waals surface area contributed by atoms with Gasteiger partial charge in [0.15, 0.2) is 0 Å². The van der Waals surface area contributed by atoms with E-state index in [0.29, 0.717) is 13.2 Å². The average molecular weight is 218 g/mol. The van der Waals surface area contributed by atoms with E-state index in [1.165, 1.54) is 4.90 Å². The molecule has 0 aromatic heterocycles. The molecule has 0 bridgehead atoms. The molecule has 0 saturated carbocycles. The van der Waals surface area contributed by atoms with E-state index in [-0.39, 0.29) is 18.7 Å². The molecule has 6 nitrogen and oxygen atoms in total. The number of aliphatic carboxylic acids is 1. The fraction of sp³-hybridized carbons (Fsp3) is 0.778. The van der Waals surface area contributed by atoms with Crippen LogP contribution in [0.25, 0.3) is 0 Å². The lowest BCUT2D eigenvalue weighted by Gasteiger charge is -2.20. The second-order valence-electron chi connectivity index (χ2n) is 3.29. The zero-order valence-corrected chi connectivity index (χ0v) is 9.10. The standard InChI is InChI=1S/C9H18N2O4/c1-11(5-6-15-2)9(14)7(10)3-4-8(12)13/h7H,3-6,10H2,1-2H3,(H,12,13). The summed E-state index contributed by atoms with van der Waals surface area (Å²) >= 11 is 0. The number of nitrogens with zero attached hydrogens (tertiary/aromatic N) is 1. The Morgan fingerprint density at radius 3 is 2.60 bits per heavy atom. The van der Waals surface area contributed by atoms with E-state index >= 15 is 0 Å². The molecular formula is C9H18N2O4. The van der Waals surface area contributed by atoms with Gasteiger partial charge in [-0.2, -0.15) is 0 Å². The smallest absolute Gasteiger partial charge is 0.303 e. The molecule has 0 aliphatic rings. The topological polar surface area (TPSA) is 92.9 Å². The highest BCUT2D eigenvalue weighted by Gasteiger charge is 2.18. The molecule has 88 valence electrons. The number of amides is 1. The van der Waals surface area contributed by atoms with Crippen LogP contribution >= 0.6 is 0 Å². The second-order valence-corrected chi connectivity index (χ2v) is 3.29. The van der Waals surface area contributed by atoms with Gasteiger partial charge < -0.3 is 20.5 Å². The van der Waals surface area contributed by atoms with E-state index in [4.69, 9.17) is 15.6 Å².